The predicted octanol–water partition coefficient (Wildman–Crippen LogP) is 3.17. The van der Waals surface area contributed by atoms with Crippen LogP contribution < -0.4 is 10.5 Å². The fraction of sp³-hybridized carbons (Fsp3) is 0.417. The molecule has 82 valence electrons. The molecule has 0 bridgehead atoms. The van der Waals surface area contributed by atoms with E-state index in [1.165, 1.54) is 0 Å². The first kappa shape index (κ1) is 11.6. The maximum Gasteiger partial charge on any atom is 0.144 e. The third-order valence-corrected chi connectivity index (χ3v) is 2.18. The molecule has 0 radical (unpaired) electrons. The second-order valence-corrected chi connectivity index (χ2v) is 3.45. The summed E-state index contributed by atoms with van der Waals surface area (Å²) in [4.78, 5) is 4.18. The Balaban J connectivity index is 2.90. The van der Waals surface area contributed by atoms with Crippen LogP contribution in [0.15, 0.2) is 23.2 Å². The first-order valence-electron chi connectivity index (χ1n) is 5.22. The number of rotatable bonds is 4. The van der Waals surface area contributed by atoms with Crippen LogP contribution in [-0.2, 0) is 0 Å². The van der Waals surface area contributed by atoms with Gasteiger partial charge in [-0.1, -0.05) is 6.92 Å². The minimum absolute atomic E-state index is 0.174. The van der Waals surface area contributed by atoms with Gasteiger partial charge in [0.1, 0.15) is 5.75 Å². The molecule has 0 saturated carbocycles. The van der Waals surface area contributed by atoms with Gasteiger partial charge in [-0.3, -0.25) is 4.99 Å². The zero-order valence-corrected chi connectivity index (χ0v) is 9.53. The van der Waals surface area contributed by atoms with Gasteiger partial charge in [-0.2, -0.15) is 0 Å². The standard InChI is InChI=1S/C12H18N2O/c1-4-9(3)15-12-8-10(14-5-2)6-7-11(12)13/h5-9H,4,13H2,1-3H3. The maximum absolute atomic E-state index is 5.81. The zero-order valence-electron chi connectivity index (χ0n) is 9.53. The molecule has 0 saturated heterocycles. The topological polar surface area (TPSA) is 47.6 Å². The summed E-state index contributed by atoms with van der Waals surface area (Å²) in [5, 5.41) is 0. The van der Waals surface area contributed by atoms with Gasteiger partial charge >= 0.3 is 0 Å². The molecule has 1 rings (SSSR count). The molecule has 0 aliphatic carbocycles. The molecular weight excluding hydrogens is 188 g/mol. The Morgan fingerprint density at radius 3 is 2.87 bits per heavy atom. The first-order valence-corrected chi connectivity index (χ1v) is 5.22. The third-order valence-electron chi connectivity index (χ3n) is 2.18. The van der Waals surface area contributed by atoms with Crippen LogP contribution in [0.4, 0.5) is 11.4 Å². The Morgan fingerprint density at radius 2 is 2.27 bits per heavy atom. The molecule has 3 heteroatoms. The summed E-state index contributed by atoms with van der Waals surface area (Å²) in [5.41, 5.74) is 7.34. The lowest BCUT2D eigenvalue weighted by Crippen LogP contribution is -2.10. The molecule has 1 atom stereocenters. The van der Waals surface area contributed by atoms with Crippen LogP contribution in [0.25, 0.3) is 0 Å². The Hall–Kier alpha value is -1.51. The Morgan fingerprint density at radius 1 is 1.53 bits per heavy atom. The van der Waals surface area contributed by atoms with E-state index in [2.05, 4.69) is 11.9 Å². The molecule has 3 nitrogen and oxygen atoms in total. The molecule has 0 aromatic heterocycles. The van der Waals surface area contributed by atoms with Crippen molar-refractivity contribution in [2.45, 2.75) is 33.3 Å². The Kier molecular flexibility index (Phi) is 4.16. The van der Waals surface area contributed by atoms with Gasteiger partial charge in [-0.25, -0.2) is 0 Å². The molecule has 0 heterocycles. The van der Waals surface area contributed by atoms with E-state index in [4.69, 9.17) is 10.5 Å². The van der Waals surface area contributed by atoms with Crippen molar-refractivity contribution in [1.29, 1.82) is 0 Å². The monoisotopic (exact) mass is 206 g/mol. The molecule has 2 N–H and O–H groups in total. The summed E-state index contributed by atoms with van der Waals surface area (Å²) in [6.07, 6.45) is 2.88. The minimum atomic E-state index is 0.174. The summed E-state index contributed by atoms with van der Waals surface area (Å²) < 4.78 is 5.68. The molecule has 0 amide bonds. The minimum Gasteiger partial charge on any atom is -0.488 e. The van der Waals surface area contributed by atoms with E-state index in [-0.39, 0.29) is 6.10 Å². The van der Waals surface area contributed by atoms with Gasteiger partial charge in [0.15, 0.2) is 0 Å². The molecule has 0 aliphatic rings. The van der Waals surface area contributed by atoms with E-state index in [0.29, 0.717) is 11.4 Å². The van der Waals surface area contributed by atoms with Crippen molar-refractivity contribution in [2.24, 2.45) is 4.99 Å². The van der Waals surface area contributed by atoms with E-state index in [1.807, 2.05) is 32.0 Å². The number of anilines is 1. The van der Waals surface area contributed by atoms with Crippen molar-refractivity contribution in [1.82, 2.24) is 0 Å². The van der Waals surface area contributed by atoms with Gasteiger partial charge in [0, 0.05) is 12.3 Å². The lowest BCUT2D eigenvalue weighted by atomic mass is 10.2. The molecule has 0 spiro atoms. The Bertz CT molecular complexity index is 347. The summed E-state index contributed by atoms with van der Waals surface area (Å²) in [7, 11) is 0. The summed E-state index contributed by atoms with van der Waals surface area (Å²) in [6, 6.07) is 5.56. The number of aliphatic imine (C=N–C) groups is 1. The fourth-order valence-corrected chi connectivity index (χ4v) is 1.15. The van der Waals surface area contributed by atoms with Gasteiger partial charge in [0.25, 0.3) is 0 Å². The van der Waals surface area contributed by atoms with Crippen molar-refractivity contribution in [2.75, 3.05) is 5.73 Å². The molecule has 15 heavy (non-hydrogen) atoms. The van der Waals surface area contributed by atoms with Crippen LogP contribution in [0.3, 0.4) is 0 Å². The lowest BCUT2D eigenvalue weighted by molar-refractivity contribution is 0.219. The number of nitrogens with two attached hydrogens (primary N) is 1. The summed E-state index contributed by atoms with van der Waals surface area (Å²) in [6.45, 7) is 5.98. The molecule has 1 unspecified atom stereocenters. The lowest BCUT2D eigenvalue weighted by Gasteiger charge is -2.14. The van der Waals surface area contributed by atoms with Crippen LogP contribution in [0.2, 0.25) is 0 Å². The second-order valence-electron chi connectivity index (χ2n) is 3.45. The van der Waals surface area contributed by atoms with E-state index in [1.54, 1.807) is 6.21 Å². The molecule has 1 aromatic rings. The first-order chi connectivity index (χ1) is 7.17. The quantitative estimate of drug-likeness (QED) is 0.607. The van der Waals surface area contributed by atoms with E-state index < -0.39 is 0 Å². The fourth-order valence-electron chi connectivity index (χ4n) is 1.15. The van der Waals surface area contributed by atoms with E-state index >= 15 is 0 Å². The summed E-state index contributed by atoms with van der Waals surface area (Å²) >= 11 is 0. The van der Waals surface area contributed by atoms with Crippen molar-refractivity contribution < 1.29 is 4.74 Å². The number of ether oxygens (including phenoxy) is 1. The van der Waals surface area contributed by atoms with Gasteiger partial charge in [-0.15, -0.1) is 0 Å². The van der Waals surface area contributed by atoms with Crippen LogP contribution in [0, 0.1) is 0 Å². The maximum atomic E-state index is 5.81. The van der Waals surface area contributed by atoms with E-state index in [0.717, 1.165) is 12.1 Å². The average molecular weight is 206 g/mol. The highest BCUT2D eigenvalue weighted by Crippen LogP contribution is 2.28. The van der Waals surface area contributed by atoms with Crippen LogP contribution >= 0.6 is 0 Å². The number of benzene rings is 1. The normalized spacial score (nSPS) is 13.0. The molecular formula is C12H18N2O. The SMILES string of the molecule is CC=Nc1ccc(N)c(OC(C)CC)c1. The van der Waals surface area contributed by atoms with Gasteiger partial charge in [0.2, 0.25) is 0 Å². The highest BCUT2D eigenvalue weighted by atomic mass is 16.5. The highest BCUT2D eigenvalue weighted by molar-refractivity contribution is 5.65. The number of hydrogen-bond donors (Lipinski definition) is 1. The summed E-state index contributed by atoms with van der Waals surface area (Å²) in [5.74, 6) is 0.715. The predicted molar refractivity (Wildman–Crippen MR) is 65.1 cm³/mol. The van der Waals surface area contributed by atoms with Crippen molar-refractivity contribution in [3.8, 4) is 5.75 Å². The molecule has 0 aliphatic heterocycles. The van der Waals surface area contributed by atoms with Gasteiger partial charge in [-0.05, 0) is 32.4 Å². The third kappa shape index (κ3) is 3.27. The van der Waals surface area contributed by atoms with Crippen LogP contribution in [0.5, 0.6) is 5.75 Å². The number of nitrogen functional groups attached to an aromatic ring is 1. The number of nitrogens with zero attached hydrogens (tertiary/aromatic N) is 1. The van der Waals surface area contributed by atoms with Gasteiger partial charge < -0.3 is 10.5 Å². The largest absolute Gasteiger partial charge is 0.488 e. The second kappa shape index (κ2) is 5.39. The smallest absolute Gasteiger partial charge is 0.144 e. The van der Waals surface area contributed by atoms with Crippen LogP contribution in [0.1, 0.15) is 27.2 Å². The molecule has 1 aromatic carbocycles. The number of hydrogen-bond acceptors (Lipinski definition) is 3. The van der Waals surface area contributed by atoms with Crippen molar-refractivity contribution in [3.05, 3.63) is 18.2 Å². The van der Waals surface area contributed by atoms with Crippen molar-refractivity contribution >= 4 is 17.6 Å². The van der Waals surface area contributed by atoms with E-state index in [9.17, 15) is 0 Å². The van der Waals surface area contributed by atoms with Crippen molar-refractivity contribution in [3.63, 3.8) is 0 Å². The Labute approximate surface area is 91.0 Å². The van der Waals surface area contributed by atoms with Crippen LogP contribution in [-0.4, -0.2) is 12.3 Å². The van der Waals surface area contributed by atoms with Gasteiger partial charge in [0.05, 0.1) is 17.5 Å². The highest BCUT2D eigenvalue weighted by Gasteiger charge is 2.05. The zero-order chi connectivity index (χ0) is 11.3. The molecule has 0 fully saturated rings. The average Bonchev–Trinajstić information content (AvgIpc) is 2.23.